The quantitative estimate of drug-likeness (QED) is 0.667. The Balaban J connectivity index is 1.90. The van der Waals surface area contributed by atoms with E-state index in [-0.39, 0.29) is 17.2 Å². The fourth-order valence-electron chi connectivity index (χ4n) is 1.71. The highest BCUT2D eigenvalue weighted by Gasteiger charge is 1.99. The van der Waals surface area contributed by atoms with Crippen LogP contribution in [0.4, 0.5) is 5.69 Å². The Morgan fingerprint density at radius 3 is 2.00 bits per heavy atom. The summed E-state index contributed by atoms with van der Waals surface area (Å²) in [5.74, 6) is 0.314. The first kappa shape index (κ1) is 12.1. The number of hydrogen-bond acceptors (Lipinski definition) is 4. The van der Waals surface area contributed by atoms with Crippen molar-refractivity contribution in [1.29, 1.82) is 0 Å². The molecule has 4 heteroatoms. The number of nitrogens with one attached hydrogen (secondary N) is 1. The van der Waals surface area contributed by atoms with Gasteiger partial charge < -0.3 is 20.6 Å². The van der Waals surface area contributed by atoms with Gasteiger partial charge in [-0.3, -0.25) is 0 Å². The van der Waals surface area contributed by atoms with Gasteiger partial charge in [-0.2, -0.15) is 0 Å². The maximum Gasteiger partial charge on any atom is 0.121 e. The smallest absolute Gasteiger partial charge is 0.121 e. The van der Waals surface area contributed by atoms with Crippen LogP contribution in [0.15, 0.2) is 42.5 Å². The van der Waals surface area contributed by atoms with E-state index in [4.69, 9.17) is 5.11 Å². The highest BCUT2D eigenvalue weighted by Crippen LogP contribution is 2.23. The summed E-state index contributed by atoms with van der Waals surface area (Å²) >= 11 is 0. The Kier molecular flexibility index (Phi) is 3.57. The lowest BCUT2D eigenvalue weighted by atomic mass is 10.1. The van der Waals surface area contributed by atoms with Crippen molar-refractivity contribution in [3.63, 3.8) is 0 Å². The van der Waals surface area contributed by atoms with E-state index in [0.717, 1.165) is 12.0 Å². The SMILES string of the molecule is Oc1ccc(CCNc2cc(O)cc(O)c2)cc1. The zero-order valence-corrected chi connectivity index (χ0v) is 9.80. The second kappa shape index (κ2) is 5.31. The Labute approximate surface area is 105 Å². The molecule has 0 heterocycles. The molecular formula is C14H15NO3. The van der Waals surface area contributed by atoms with Crippen LogP contribution >= 0.6 is 0 Å². The topological polar surface area (TPSA) is 72.7 Å². The summed E-state index contributed by atoms with van der Waals surface area (Å²) in [6.45, 7) is 0.674. The number of phenolic OH excluding ortho intramolecular Hbond substituents is 3. The fourth-order valence-corrected chi connectivity index (χ4v) is 1.71. The maximum atomic E-state index is 9.31. The Morgan fingerprint density at radius 1 is 0.778 bits per heavy atom. The highest BCUT2D eigenvalue weighted by molar-refractivity contribution is 5.52. The molecule has 4 N–H and O–H groups in total. The molecule has 0 aliphatic heterocycles. The van der Waals surface area contributed by atoms with Crippen LogP contribution in [0.5, 0.6) is 17.2 Å². The summed E-state index contributed by atoms with van der Waals surface area (Å²) in [6.07, 6.45) is 0.788. The van der Waals surface area contributed by atoms with Crippen LogP contribution in [0.1, 0.15) is 5.56 Å². The molecule has 2 rings (SSSR count). The molecule has 0 unspecified atom stereocenters. The second-order valence-electron chi connectivity index (χ2n) is 4.08. The van der Waals surface area contributed by atoms with Crippen LogP contribution in [-0.2, 0) is 6.42 Å². The van der Waals surface area contributed by atoms with Gasteiger partial charge in [0.15, 0.2) is 0 Å². The van der Waals surface area contributed by atoms with E-state index in [1.807, 2.05) is 12.1 Å². The molecule has 0 atom stereocenters. The third-order valence-corrected chi connectivity index (χ3v) is 2.58. The molecular weight excluding hydrogens is 230 g/mol. The van der Waals surface area contributed by atoms with E-state index in [0.29, 0.717) is 12.2 Å². The van der Waals surface area contributed by atoms with Crippen molar-refractivity contribution >= 4 is 5.69 Å². The Bertz CT molecular complexity index is 503. The molecule has 0 spiro atoms. The summed E-state index contributed by atoms with van der Waals surface area (Å²) in [6, 6.07) is 11.4. The number of rotatable bonds is 4. The van der Waals surface area contributed by atoms with Crippen LogP contribution in [0.2, 0.25) is 0 Å². The van der Waals surface area contributed by atoms with Crippen LogP contribution in [0.3, 0.4) is 0 Å². The normalized spacial score (nSPS) is 10.2. The minimum Gasteiger partial charge on any atom is -0.508 e. The van der Waals surface area contributed by atoms with Crippen LogP contribution in [0.25, 0.3) is 0 Å². The van der Waals surface area contributed by atoms with E-state index in [1.54, 1.807) is 24.3 Å². The van der Waals surface area contributed by atoms with Gasteiger partial charge in [0.25, 0.3) is 0 Å². The molecule has 0 fully saturated rings. The molecule has 0 aliphatic rings. The summed E-state index contributed by atoms with van der Waals surface area (Å²) < 4.78 is 0. The van der Waals surface area contributed by atoms with Crippen molar-refractivity contribution in [3.05, 3.63) is 48.0 Å². The largest absolute Gasteiger partial charge is 0.508 e. The van der Waals surface area contributed by atoms with Crippen molar-refractivity contribution in [2.45, 2.75) is 6.42 Å². The first-order chi connectivity index (χ1) is 8.63. The van der Waals surface area contributed by atoms with Crippen LogP contribution in [0, 0.1) is 0 Å². The number of anilines is 1. The summed E-state index contributed by atoms with van der Waals surface area (Å²) in [4.78, 5) is 0. The van der Waals surface area contributed by atoms with Crippen molar-refractivity contribution in [1.82, 2.24) is 0 Å². The molecule has 2 aromatic rings. The minimum absolute atomic E-state index is 0.0298. The van der Waals surface area contributed by atoms with Crippen LogP contribution in [-0.4, -0.2) is 21.9 Å². The summed E-state index contributed by atoms with van der Waals surface area (Å²) in [5, 5.41) is 30.9. The molecule has 4 nitrogen and oxygen atoms in total. The molecule has 0 saturated carbocycles. The molecule has 2 aromatic carbocycles. The molecule has 0 radical (unpaired) electrons. The maximum absolute atomic E-state index is 9.31. The van der Waals surface area contributed by atoms with E-state index in [1.165, 1.54) is 6.07 Å². The van der Waals surface area contributed by atoms with E-state index in [9.17, 15) is 10.2 Å². The predicted molar refractivity (Wildman–Crippen MR) is 70.1 cm³/mol. The van der Waals surface area contributed by atoms with Gasteiger partial charge in [-0.1, -0.05) is 12.1 Å². The second-order valence-corrected chi connectivity index (χ2v) is 4.08. The molecule has 0 aliphatic carbocycles. The third kappa shape index (κ3) is 3.31. The first-order valence-corrected chi connectivity index (χ1v) is 5.68. The van der Waals surface area contributed by atoms with Gasteiger partial charge in [0, 0.05) is 30.4 Å². The number of aromatic hydroxyl groups is 3. The van der Waals surface area contributed by atoms with Crippen molar-refractivity contribution in [2.24, 2.45) is 0 Å². The zero-order chi connectivity index (χ0) is 13.0. The number of hydrogen-bond donors (Lipinski definition) is 4. The monoisotopic (exact) mass is 245 g/mol. The van der Waals surface area contributed by atoms with Gasteiger partial charge in [-0.15, -0.1) is 0 Å². The molecule has 0 aromatic heterocycles. The van der Waals surface area contributed by atoms with Gasteiger partial charge in [0.1, 0.15) is 17.2 Å². The van der Waals surface area contributed by atoms with Crippen molar-refractivity contribution in [3.8, 4) is 17.2 Å². The van der Waals surface area contributed by atoms with Crippen molar-refractivity contribution < 1.29 is 15.3 Å². The standard InChI is InChI=1S/C14H15NO3/c16-12-3-1-10(2-4-12)5-6-15-11-7-13(17)9-14(18)8-11/h1-4,7-9,15-18H,5-6H2. The lowest BCUT2D eigenvalue weighted by Crippen LogP contribution is -2.04. The summed E-state index contributed by atoms with van der Waals surface area (Å²) in [7, 11) is 0. The fraction of sp³-hybridized carbons (Fsp3) is 0.143. The van der Waals surface area contributed by atoms with E-state index < -0.39 is 0 Å². The minimum atomic E-state index is 0.0298. The first-order valence-electron chi connectivity index (χ1n) is 5.68. The van der Waals surface area contributed by atoms with Crippen molar-refractivity contribution in [2.75, 3.05) is 11.9 Å². The average molecular weight is 245 g/mol. The molecule has 0 amide bonds. The molecule has 94 valence electrons. The van der Waals surface area contributed by atoms with Gasteiger partial charge in [-0.05, 0) is 24.1 Å². The van der Waals surface area contributed by atoms with E-state index >= 15 is 0 Å². The number of phenols is 3. The Morgan fingerprint density at radius 2 is 1.39 bits per heavy atom. The third-order valence-electron chi connectivity index (χ3n) is 2.58. The molecule has 18 heavy (non-hydrogen) atoms. The molecule has 0 bridgehead atoms. The predicted octanol–water partition coefficient (Wildman–Crippen LogP) is 2.46. The van der Waals surface area contributed by atoms with E-state index in [2.05, 4.69) is 5.32 Å². The number of benzene rings is 2. The Hall–Kier alpha value is -2.36. The average Bonchev–Trinajstić information content (AvgIpc) is 2.30. The zero-order valence-electron chi connectivity index (χ0n) is 9.80. The van der Waals surface area contributed by atoms with Gasteiger partial charge in [0.05, 0.1) is 0 Å². The highest BCUT2D eigenvalue weighted by atomic mass is 16.3. The molecule has 0 saturated heterocycles. The van der Waals surface area contributed by atoms with Crippen LogP contribution < -0.4 is 5.32 Å². The summed E-state index contributed by atoms with van der Waals surface area (Å²) in [5.41, 5.74) is 1.77. The lowest BCUT2D eigenvalue weighted by molar-refractivity contribution is 0.451. The van der Waals surface area contributed by atoms with Gasteiger partial charge in [-0.25, -0.2) is 0 Å². The van der Waals surface area contributed by atoms with Gasteiger partial charge >= 0.3 is 0 Å². The van der Waals surface area contributed by atoms with Gasteiger partial charge in [0.2, 0.25) is 0 Å². The lowest BCUT2D eigenvalue weighted by Gasteiger charge is -2.07.